The van der Waals surface area contributed by atoms with Crippen molar-refractivity contribution in [2.45, 2.75) is 59.2 Å². The topological polar surface area (TPSA) is 103 Å². The second kappa shape index (κ2) is 8.73. The second-order valence-corrected chi connectivity index (χ2v) is 9.87. The zero-order chi connectivity index (χ0) is 22.1. The number of hydrogen-bond donors (Lipinski definition) is 3. The van der Waals surface area contributed by atoms with E-state index >= 15 is 0 Å². The molecule has 1 aliphatic heterocycles. The van der Waals surface area contributed by atoms with Crippen molar-refractivity contribution in [2.75, 3.05) is 6.54 Å². The fourth-order valence-electron chi connectivity index (χ4n) is 3.63. The summed E-state index contributed by atoms with van der Waals surface area (Å²) in [5.41, 5.74) is 3.93. The first-order valence-corrected chi connectivity index (χ1v) is 10.9. The minimum Gasteiger partial charge on any atom is -0.508 e. The van der Waals surface area contributed by atoms with Crippen LogP contribution in [0.3, 0.4) is 0 Å². The van der Waals surface area contributed by atoms with Crippen LogP contribution in [0.5, 0.6) is 5.75 Å². The SMILES string of the molecule is Cc1ncsc1-c1ccc(CNC(=O)[C@@H]2C[C@@H](O)CN2C(=O)CC(C)(C)C)c(O)c1. The van der Waals surface area contributed by atoms with E-state index in [0.29, 0.717) is 12.0 Å². The van der Waals surface area contributed by atoms with Crippen molar-refractivity contribution in [2.24, 2.45) is 5.41 Å². The number of benzene rings is 1. The number of aryl methyl sites for hydroxylation is 1. The van der Waals surface area contributed by atoms with E-state index in [1.165, 1.54) is 16.2 Å². The van der Waals surface area contributed by atoms with E-state index in [-0.39, 0.29) is 42.5 Å². The molecule has 30 heavy (non-hydrogen) atoms. The summed E-state index contributed by atoms with van der Waals surface area (Å²) in [7, 11) is 0. The molecule has 162 valence electrons. The van der Waals surface area contributed by atoms with Gasteiger partial charge in [-0.1, -0.05) is 32.9 Å². The van der Waals surface area contributed by atoms with E-state index in [1.54, 1.807) is 17.6 Å². The number of carbonyl (C=O) groups is 2. The zero-order valence-electron chi connectivity index (χ0n) is 17.8. The number of phenolic OH excluding ortho intramolecular Hbond substituents is 1. The summed E-state index contributed by atoms with van der Waals surface area (Å²) in [6, 6.07) is 4.63. The number of likely N-dealkylation sites (tertiary alicyclic amines) is 1. The summed E-state index contributed by atoms with van der Waals surface area (Å²) in [5, 5.41) is 23.2. The molecule has 0 aliphatic carbocycles. The number of nitrogens with zero attached hydrogens (tertiary/aromatic N) is 2. The number of hydrogen-bond acceptors (Lipinski definition) is 6. The number of amides is 2. The van der Waals surface area contributed by atoms with Gasteiger partial charge in [-0.2, -0.15) is 0 Å². The molecule has 3 N–H and O–H groups in total. The predicted molar refractivity (Wildman–Crippen MR) is 116 cm³/mol. The average molecular weight is 432 g/mol. The molecular formula is C22H29N3O4S. The zero-order valence-corrected chi connectivity index (χ0v) is 18.6. The highest BCUT2D eigenvalue weighted by atomic mass is 32.1. The van der Waals surface area contributed by atoms with Gasteiger partial charge in [0, 0.05) is 31.5 Å². The molecule has 2 amide bonds. The lowest BCUT2D eigenvalue weighted by Crippen LogP contribution is -2.46. The lowest BCUT2D eigenvalue weighted by molar-refractivity contribution is -0.140. The maximum atomic E-state index is 12.7. The van der Waals surface area contributed by atoms with Gasteiger partial charge in [-0.3, -0.25) is 9.59 Å². The Morgan fingerprint density at radius 3 is 2.67 bits per heavy atom. The molecule has 1 aromatic carbocycles. The van der Waals surface area contributed by atoms with Crippen molar-refractivity contribution in [3.8, 4) is 16.2 Å². The Morgan fingerprint density at radius 2 is 2.07 bits per heavy atom. The Balaban J connectivity index is 1.65. The van der Waals surface area contributed by atoms with Crippen LogP contribution in [0.15, 0.2) is 23.7 Å². The molecule has 2 heterocycles. The third-order valence-corrected chi connectivity index (χ3v) is 6.11. The largest absolute Gasteiger partial charge is 0.508 e. The fourth-order valence-corrected chi connectivity index (χ4v) is 4.43. The van der Waals surface area contributed by atoms with Crippen LogP contribution in [0.1, 0.15) is 44.9 Å². The molecule has 1 fully saturated rings. The van der Waals surface area contributed by atoms with Gasteiger partial charge in [-0.25, -0.2) is 4.98 Å². The van der Waals surface area contributed by atoms with E-state index < -0.39 is 12.1 Å². The van der Waals surface area contributed by atoms with Gasteiger partial charge < -0.3 is 20.4 Å². The van der Waals surface area contributed by atoms with Gasteiger partial charge >= 0.3 is 0 Å². The Morgan fingerprint density at radius 1 is 1.33 bits per heavy atom. The van der Waals surface area contributed by atoms with Crippen molar-refractivity contribution in [1.82, 2.24) is 15.2 Å². The number of rotatable bonds is 5. The van der Waals surface area contributed by atoms with Gasteiger partial charge in [0.1, 0.15) is 11.8 Å². The van der Waals surface area contributed by atoms with E-state index in [2.05, 4.69) is 10.3 Å². The van der Waals surface area contributed by atoms with E-state index in [1.807, 2.05) is 33.8 Å². The normalized spacial score (nSPS) is 19.2. The minimum atomic E-state index is -0.708. The lowest BCUT2D eigenvalue weighted by Gasteiger charge is -2.27. The Kier molecular flexibility index (Phi) is 6.47. The number of phenols is 1. The lowest BCUT2D eigenvalue weighted by atomic mass is 9.91. The van der Waals surface area contributed by atoms with Crippen molar-refractivity contribution in [3.63, 3.8) is 0 Å². The van der Waals surface area contributed by atoms with Gasteiger partial charge in [-0.15, -0.1) is 11.3 Å². The van der Waals surface area contributed by atoms with Crippen LogP contribution < -0.4 is 5.32 Å². The van der Waals surface area contributed by atoms with Crippen molar-refractivity contribution in [3.05, 3.63) is 35.0 Å². The Bertz CT molecular complexity index is 935. The monoisotopic (exact) mass is 431 g/mol. The maximum Gasteiger partial charge on any atom is 0.243 e. The highest BCUT2D eigenvalue weighted by Crippen LogP contribution is 2.31. The molecular weight excluding hydrogens is 402 g/mol. The van der Waals surface area contributed by atoms with Crippen LogP contribution in [-0.2, 0) is 16.1 Å². The number of aromatic nitrogens is 1. The predicted octanol–water partition coefficient (Wildman–Crippen LogP) is 2.84. The van der Waals surface area contributed by atoms with Gasteiger partial charge in [0.25, 0.3) is 0 Å². The summed E-state index contributed by atoms with van der Waals surface area (Å²) in [5.74, 6) is -0.366. The number of aliphatic hydroxyl groups excluding tert-OH is 1. The summed E-state index contributed by atoms with van der Waals surface area (Å²) < 4.78 is 0. The smallest absolute Gasteiger partial charge is 0.243 e. The number of nitrogens with one attached hydrogen (secondary N) is 1. The molecule has 0 spiro atoms. The number of aromatic hydroxyl groups is 1. The number of aliphatic hydroxyl groups is 1. The molecule has 2 atom stereocenters. The molecule has 2 aromatic rings. The van der Waals surface area contributed by atoms with Crippen molar-refractivity contribution in [1.29, 1.82) is 0 Å². The van der Waals surface area contributed by atoms with Crippen molar-refractivity contribution >= 4 is 23.2 Å². The van der Waals surface area contributed by atoms with Gasteiger partial charge in [-0.05, 0) is 24.0 Å². The van der Waals surface area contributed by atoms with Crippen LogP contribution in [0, 0.1) is 12.3 Å². The first kappa shape index (κ1) is 22.2. The van der Waals surface area contributed by atoms with Gasteiger partial charge in [0.05, 0.1) is 22.2 Å². The van der Waals surface area contributed by atoms with E-state index in [4.69, 9.17) is 0 Å². The summed E-state index contributed by atoms with van der Waals surface area (Å²) in [6.45, 7) is 8.12. The van der Waals surface area contributed by atoms with Crippen LogP contribution in [-0.4, -0.2) is 50.6 Å². The van der Waals surface area contributed by atoms with Gasteiger partial charge in [0.2, 0.25) is 11.8 Å². The van der Waals surface area contributed by atoms with Crippen LogP contribution in [0.25, 0.3) is 10.4 Å². The van der Waals surface area contributed by atoms with E-state index in [9.17, 15) is 19.8 Å². The first-order valence-electron chi connectivity index (χ1n) is 10.0. The molecule has 1 aromatic heterocycles. The molecule has 7 nitrogen and oxygen atoms in total. The van der Waals surface area contributed by atoms with Crippen molar-refractivity contribution < 1.29 is 19.8 Å². The van der Waals surface area contributed by atoms with Gasteiger partial charge in [0.15, 0.2) is 0 Å². The number of β-amino-alcohol motifs (C(OH)–C–C–N with tert-alkyl or cyclic N) is 1. The minimum absolute atomic E-state index is 0.0905. The summed E-state index contributed by atoms with van der Waals surface area (Å²) in [4.78, 5) is 32.1. The van der Waals surface area contributed by atoms with Crippen LogP contribution in [0.2, 0.25) is 0 Å². The Labute approximate surface area is 180 Å². The maximum absolute atomic E-state index is 12.7. The molecule has 0 saturated carbocycles. The summed E-state index contributed by atoms with van der Waals surface area (Å²) in [6.07, 6.45) is -0.181. The Hall–Kier alpha value is -2.45. The molecule has 1 aliphatic rings. The summed E-state index contributed by atoms with van der Waals surface area (Å²) >= 11 is 1.51. The standard InChI is InChI=1S/C22H29N3O4S/c1-13-20(30-12-24-13)14-5-6-15(18(27)7-14)10-23-21(29)17-8-16(26)11-25(17)19(28)9-22(2,3)4/h5-7,12,16-17,26-27H,8-11H2,1-4H3,(H,23,29)/t16-,17+/m1/s1. The third kappa shape index (κ3) is 5.17. The molecule has 0 radical (unpaired) electrons. The fraction of sp³-hybridized carbons (Fsp3) is 0.500. The van der Waals surface area contributed by atoms with E-state index in [0.717, 1.165) is 16.1 Å². The molecule has 8 heteroatoms. The number of carbonyl (C=O) groups excluding carboxylic acids is 2. The quantitative estimate of drug-likeness (QED) is 0.676. The van der Waals surface area contributed by atoms with Crippen LogP contribution >= 0.6 is 11.3 Å². The molecule has 0 unspecified atom stereocenters. The van der Waals surface area contributed by atoms with Crippen LogP contribution in [0.4, 0.5) is 0 Å². The molecule has 1 saturated heterocycles. The number of thiazole rings is 1. The highest BCUT2D eigenvalue weighted by molar-refractivity contribution is 7.13. The second-order valence-electron chi connectivity index (χ2n) is 9.02. The first-order chi connectivity index (χ1) is 14.0. The highest BCUT2D eigenvalue weighted by Gasteiger charge is 2.39. The third-order valence-electron chi connectivity index (χ3n) is 5.13. The molecule has 0 bridgehead atoms. The average Bonchev–Trinajstić information content (AvgIpc) is 3.24. The molecule has 3 rings (SSSR count).